The van der Waals surface area contributed by atoms with Crippen molar-refractivity contribution in [3.05, 3.63) is 59.4 Å². The summed E-state index contributed by atoms with van der Waals surface area (Å²) >= 11 is 0. The van der Waals surface area contributed by atoms with Crippen molar-refractivity contribution in [1.82, 2.24) is 5.32 Å². The molecule has 0 atom stereocenters. The summed E-state index contributed by atoms with van der Waals surface area (Å²) in [5, 5.41) is 3.19. The Morgan fingerprint density at radius 3 is 2.61 bits per heavy atom. The third-order valence-electron chi connectivity index (χ3n) is 2.94. The van der Waals surface area contributed by atoms with E-state index in [2.05, 4.69) is 5.32 Å². The van der Waals surface area contributed by atoms with E-state index in [0.29, 0.717) is 12.1 Å². The minimum absolute atomic E-state index is 0.156. The number of hydrogen-bond acceptors (Lipinski definition) is 1. The maximum absolute atomic E-state index is 14.1. The van der Waals surface area contributed by atoms with Gasteiger partial charge in [-0.2, -0.15) is 0 Å². The lowest BCUT2D eigenvalue weighted by molar-refractivity contribution is 0.625. The molecule has 0 unspecified atom stereocenters. The number of hydrogen-bond donors (Lipinski definition) is 1. The maximum Gasteiger partial charge on any atom is 0.131 e. The van der Waals surface area contributed by atoms with E-state index in [9.17, 15) is 4.39 Å². The first-order valence-corrected chi connectivity index (χ1v) is 6.27. The number of halogens is 1. The van der Waals surface area contributed by atoms with Crippen molar-refractivity contribution in [2.24, 2.45) is 0 Å². The molecule has 0 spiro atoms. The highest BCUT2D eigenvalue weighted by molar-refractivity contribution is 5.65. The molecule has 2 rings (SSSR count). The van der Waals surface area contributed by atoms with Gasteiger partial charge < -0.3 is 5.32 Å². The number of aryl methyl sites for hydroxylation is 1. The molecule has 94 valence electrons. The molecule has 0 saturated carbocycles. The molecule has 0 aliphatic rings. The molecule has 0 aliphatic carbocycles. The first-order valence-electron chi connectivity index (χ1n) is 6.27. The van der Waals surface area contributed by atoms with Gasteiger partial charge in [-0.25, -0.2) is 4.39 Å². The second kappa shape index (κ2) is 5.78. The fourth-order valence-electron chi connectivity index (χ4n) is 1.98. The smallest absolute Gasteiger partial charge is 0.131 e. The lowest BCUT2D eigenvalue weighted by atomic mass is 10.0. The molecule has 1 N–H and O–H groups in total. The molecule has 0 bridgehead atoms. The van der Waals surface area contributed by atoms with Crippen molar-refractivity contribution in [3.63, 3.8) is 0 Å². The van der Waals surface area contributed by atoms with Crippen LogP contribution in [0.5, 0.6) is 0 Å². The van der Waals surface area contributed by atoms with Crippen molar-refractivity contribution < 1.29 is 4.39 Å². The Balaban J connectivity index is 2.29. The predicted octanol–water partition coefficient (Wildman–Crippen LogP) is 3.91. The van der Waals surface area contributed by atoms with Crippen LogP contribution in [0.1, 0.15) is 18.1 Å². The summed E-state index contributed by atoms with van der Waals surface area (Å²) in [7, 11) is 0. The van der Waals surface area contributed by atoms with Gasteiger partial charge in [-0.05, 0) is 30.7 Å². The summed E-state index contributed by atoms with van der Waals surface area (Å²) in [5.74, 6) is -0.156. The third-order valence-corrected chi connectivity index (χ3v) is 2.94. The number of nitrogens with one attached hydrogen (secondary N) is 1. The molecule has 0 radical (unpaired) electrons. The average molecular weight is 243 g/mol. The monoisotopic (exact) mass is 243 g/mol. The second-order valence-electron chi connectivity index (χ2n) is 4.46. The van der Waals surface area contributed by atoms with E-state index in [1.165, 1.54) is 0 Å². The Morgan fingerprint density at radius 1 is 1.11 bits per heavy atom. The molecule has 0 fully saturated rings. The fourth-order valence-corrected chi connectivity index (χ4v) is 1.98. The lowest BCUT2D eigenvalue weighted by Gasteiger charge is -2.07. The van der Waals surface area contributed by atoms with Gasteiger partial charge in [-0.1, -0.05) is 48.9 Å². The summed E-state index contributed by atoms with van der Waals surface area (Å²) in [6.07, 6.45) is 0. The zero-order valence-corrected chi connectivity index (χ0v) is 10.8. The van der Waals surface area contributed by atoms with Gasteiger partial charge >= 0.3 is 0 Å². The topological polar surface area (TPSA) is 12.0 Å². The van der Waals surface area contributed by atoms with Gasteiger partial charge in [0.25, 0.3) is 0 Å². The summed E-state index contributed by atoms with van der Waals surface area (Å²) < 4.78 is 14.1. The molecule has 0 saturated heterocycles. The van der Waals surface area contributed by atoms with Crippen LogP contribution in [0.25, 0.3) is 11.1 Å². The van der Waals surface area contributed by atoms with E-state index in [1.54, 1.807) is 6.07 Å². The van der Waals surface area contributed by atoms with Crippen LogP contribution in [0.15, 0.2) is 42.5 Å². The molecule has 1 nitrogen and oxygen atoms in total. The number of rotatable bonds is 4. The van der Waals surface area contributed by atoms with Gasteiger partial charge in [0.05, 0.1) is 0 Å². The van der Waals surface area contributed by atoms with Crippen LogP contribution in [-0.2, 0) is 6.54 Å². The minimum atomic E-state index is -0.156. The zero-order chi connectivity index (χ0) is 13.0. The van der Waals surface area contributed by atoms with E-state index in [-0.39, 0.29) is 5.82 Å². The maximum atomic E-state index is 14.1. The van der Waals surface area contributed by atoms with Crippen LogP contribution >= 0.6 is 0 Å². The standard InChI is InChI=1S/C16H18FN/c1-3-18-11-13-7-8-15(16(17)10-13)14-6-4-5-12(2)9-14/h4-10,18H,3,11H2,1-2H3. The highest BCUT2D eigenvalue weighted by atomic mass is 19.1. The van der Waals surface area contributed by atoms with E-state index < -0.39 is 0 Å². The summed E-state index contributed by atoms with van der Waals surface area (Å²) in [6, 6.07) is 13.4. The van der Waals surface area contributed by atoms with Crippen LogP contribution in [0.3, 0.4) is 0 Å². The average Bonchev–Trinajstić information content (AvgIpc) is 2.36. The molecule has 2 aromatic rings. The molecular weight excluding hydrogens is 225 g/mol. The van der Waals surface area contributed by atoms with E-state index in [1.807, 2.05) is 50.2 Å². The largest absolute Gasteiger partial charge is 0.313 e. The molecule has 0 aromatic heterocycles. The summed E-state index contributed by atoms with van der Waals surface area (Å²) in [6.45, 7) is 5.65. The minimum Gasteiger partial charge on any atom is -0.313 e. The Hall–Kier alpha value is -1.67. The lowest BCUT2D eigenvalue weighted by Crippen LogP contribution is -2.11. The first-order chi connectivity index (χ1) is 8.70. The van der Waals surface area contributed by atoms with Crippen LogP contribution < -0.4 is 5.32 Å². The fraction of sp³-hybridized carbons (Fsp3) is 0.250. The third kappa shape index (κ3) is 2.96. The van der Waals surface area contributed by atoms with E-state index >= 15 is 0 Å². The van der Waals surface area contributed by atoms with Crippen LogP contribution in [0.4, 0.5) is 4.39 Å². The zero-order valence-electron chi connectivity index (χ0n) is 10.8. The molecule has 0 heterocycles. The van der Waals surface area contributed by atoms with E-state index in [0.717, 1.165) is 23.2 Å². The van der Waals surface area contributed by atoms with Crippen molar-refractivity contribution in [3.8, 4) is 11.1 Å². The van der Waals surface area contributed by atoms with Crippen molar-refractivity contribution in [2.45, 2.75) is 20.4 Å². The SMILES string of the molecule is CCNCc1ccc(-c2cccc(C)c2)c(F)c1. The van der Waals surface area contributed by atoms with E-state index in [4.69, 9.17) is 0 Å². The molecule has 2 aromatic carbocycles. The molecule has 0 aliphatic heterocycles. The Bertz CT molecular complexity index is 534. The second-order valence-corrected chi connectivity index (χ2v) is 4.46. The molecule has 2 heteroatoms. The summed E-state index contributed by atoms with van der Waals surface area (Å²) in [4.78, 5) is 0. The Kier molecular flexibility index (Phi) is 4.11. The van der Waals surface area contributed by atoms with Gasteiger partial charge in [0.2, 0.25) is 0 Å². The van der Waals surface area contributed by atoms with Gasteiger partial charge in [0.1, 0.15) is 5.82 Å². The van der Waals surface area contributed by atoms with Crippen molar-refractivity contribution in [2.75, 3.05) is 6.54 Å². The van der Waals surface area contributed by atoms with Crippen LogP contribution in [-0.4, -0.2) is 6.54 Å². The van der Waals surface area contributed by atoms with Crippen molar-refractivity contribution in [1.29, 1.82) is 0 Å². The van der Waals surface area contributed by atoms with Gasteiger partial charge in [-0.15, -0.1) is 0 Å². The van der Waals surface area contributed by atoms with Crippen molar-refractivity contribution >= 4 is 0 Å². The quantitative estimate of drug-likeness (QED) is 0.858. The number of benzene rings is 2. The molecule has 18 heavy (non-hydrogen) atoms. The van der Waals surface area contributed by atoms with Gasteiger partial charge in [-0.3, -0.25) is 0 Å². The predicted molar refractivity (Wildman–Crippen MR) is 74.0 cm³/mol. The highest BCUT2D eigenvalue weighted by Crippen LogP contribution is 2.24. The normalized spacial score (nSPS) is 10.6. The van der Waals surface area contributed by atoms with Crippen LogP contribution in [0.2, 0.25) is 0 Å². The van der Waals surface area contributed by atoms with Gasteiger partial charge in [0, 0.05) is 12.1 Å². The molecule has 0 amide bonds. The summed E-state index contributed by atoms with van der Waals surface area (Å²) in [5.41, 5.74) is 3.72. The molecular formula is C16H18FN. The van der Waals surface area contributed by atoms with Gasteiger partial charge in [0.15, 0.2) is 0 Å². The Labute approximate surface area is 108 Å². The Morgan fingerprint density at radius 2 is 1.94 bits per heavy atom. The highest BCUT2D eigenvalue weighted by Gasteiger charge is 2.06. The first kappa shape index (κ1) is 12.8. The van der Waals surface area contributed by atoms with Crippen LogP contribution in [0, 0.1) is 12.7 Å².